The van der Waals surface area contributed by atoms with Crippen LogP contribution in [-0.4, -0.2) is 4.40 Å². The molecule has 1 aliphatic heterocycles. The van der Waals surface area contributed by atoms with Gasteiger partial charge in [-0.2, -0.15) is 8.97 Å². The highest BCUT2D eigenvalue weighted by Crippen LogP contribution is 2.46. The Balaban J connectivity index is 1.60. The molecule has 0 spiro atoms. The van der Waals surface area contributed by atoms with Gasteiger partial charge in [0.15, 0.2) is 34.0 Å². The molecule has 9 aromatic rings. The topological polar surface area (TPSA) is 17.5 Å². The molecule has 49 heavy (non-hydrogen) atoms. The van der Waals surface area contributed by atoms with E-state index in [1.165, 1.54) is 76.7 Å². The molecule has 10 rings (SSSR count). The van der Waals surface area contributed by atoms with Crippen molar-refractivity contribution in [2.75, 3.05) is 0 Å². The number of aromatic nitrogens is 2. The molecule has 1 aliphatic rings. The molecule has 0 saturated heterocycles. The lowest BCUT2D eigenvalue weighted by atomic mass is 9.88. The standard InChI is InChI=1S/C45H30IN2O/c1-27-42(49-46)26-25-38-34-18-8-4-15-31(34)32-16-6-10-20-36(32)40-24-23-39-35-19-9-5-14-30(35)29-13-3-7-17-33(29)37-21-11-12-22-41(37)47-28(2)48(43(27)38)45(40)44(39)47/h3-26H,1-2H3/q+1. The first-order chi connectivity index (χ1) is 24.2. The summed E-state index contributed by atoms with van der Waals surface area (Å²) in [6.45, 7) is 4.47. The highest BCUT2D eigenvalue weighted by molar-refractivity contribution is 14.1. The van der Waals surface area contributed by atoms with Gasteiger partial charge in [-0.3, -0.25) is 0 Å². The molecule has 7 aromatic carbocycles. The van der Waals surface area contributed by atoms with Gasteiger partial charge < -0.3 is 3.07 Å². The molecule has 232 valence electrons. The molecule has 0 amide bonds. The molecular formula is C45H30IN2O+. The molecular weight excluding hydrogens is 711 g/mol. The number of hydrogen-bond acceptors (Lipinski definition) is 1. The van der Waals surface area contributed by atoms with Crippen LogP contribution in [0.15, 0.2) is 146 Å². The first-order valence-electron chi connectivity index (χ1n) is 16.7. The van der Waals surface area contributed by atoms with Gasteiger partial charge in [0.25, 0.3) is 5.82 Å². The lowest BCUT2D eigenvalue weighted by Gasteiger charge is -2.16. The minimum absolute atomic E-state index is 0.861. The van der Waals surface area contributed by atoms with Gasteiger partial charge >= 0.3 is 0 Å². The Labute approximate surface area is 298 Å². The number of imidazole rings is 1. The predicted molar refractivity (Wildman–Crippen MR) is 212 cm³/mol. The summed E-state index contributed by atoms with van der Waals surface area (Å²) in [4.78, 5) is 0. The van der Waals surface area contributed by atoms with Gasteiger partial charge in [0.2, 0.25) is 0 Å². The highest BCUT2D eigenvalue weighted by atomic mass is 127. The summed E-state index contributed by atoms with van der Waals surface area (Å²) in [5.41, 5.74) is 13.0. The minimum atomic E-state index is 0.861. The van der Waals surface area contributed by atoms with Crippen molar-refractivity contribution < 1.29 is 7.63 Å². The van der Waals surface area contributed by atoms with Crippen LogP contribution in [-0.2, 0) is 0 Å². The summed E-state index contributed by atoms with van der Waals surface area (Å²) < 4.78 is 11.0. The number of rotatable bonds is 1. The number of para-hydroxylation sites is 1. The summed E-state index contributed by atoms with van der Waals surface area (Å²) in [6.07, 6.45) is 0. The third-order valence-electron chi connectivity index (χ3n) is 10.5. The molecule has 0 radical (unpaired) electrons. The van der Waals surface area contributed by atoms with Crippen LogP contribution in [0.2, 0.25) is 0 Å². The maximum atomic E-state index is 6.01. The first-order valence-corrected chi connectivity index (χ1v) is 17.5. The molecule has 3 heterocycles. The van der Waals surface area contributed by atoms with Crippen molar-refractivity contribution in [3.63, 3.8) is 0 Å². The van der Waals surface area contributed by atoms with Gasteiger partial charge in [-0.25, -0.2) is 0 Å². The maximum Gasteiger partial charge on any atom is 0.264 e. The maximum absolute atomic E-state index is 6.01. The van der Waals surface area contributed by atoms with E-state index in [4.69, 9.17) is 3.07 Å². The van der Waals surface area contributed by atoms with E-state index in [9.17, 15) is 0 Å². The van der Waals surface area contributed by atoms with Gasteiger partial charge in [0.05, 0.1) is 0 Å². The van der Waals surface area contributed by atoms with Gasteiger partial charge in [-0.05, 0) is 81.1 Å². The van der Waals surface area contributed by atoms with E-state index in [-0.39, 0.29) is 0 Å². The SMILES string of the molecule is Cc1c(OI)ccc2c1-[n+]1c(C)n3c4ccccc4c4ccccc4c4ccccc4c4ccc(c1c43)-c1ccccc1-c1ccccc1-2. The normalized spacial score (nSPS) is 12.0. The number of hydrogen-bond donors (Lipinski definition) is 0. The summed E-state index contributed by atoms with van der Waals surface area (Å²) in [6, 6.07) is 53.4. The van der Waals surface area contributed by atoms with Crippen LogP contribution in [0.5, 0.6) is 5.75 Å². The second-order valence-corrected chi connectivity index (χ2v) is 13.4. The summed E-state index contributed by atoms with van der Waals surface area (Å²) in [5, 5.41) is 7.33. The summed E-state index contributed by atoms with van der Waals surface area (Å²) >= 11 is 2.02. The van der Waals surface area contributed by atoms with E-state index in [1.807, 2.05) is 23.0 Å². The van der Waals surface area contributed by atoms with Gasteiger partial charge in [-0.1, -0.05) is 115 Å². The second kappa shape index (κ2) is 10.8. The van der Waals surface area contributed by atoms with Gasteiger partial charge in [-0.15, -0.1) is 0 Å². The van der Waals surface area contributed by atoms with E-state index < -0.39 is 0 Å². The smallest absolute Gasteiger partial charge is 0.264 e. The van der Waals surface area contributed by atoms with Gasteiger partial charge in [0.1, 0.15) is 17.0 Å². The molecule has 0 bridgehead atoms. The average molecular weight is 742 g/mol. The van der Waals surface area contributed by atoms with Crippen LogP contribution in [0.25, 0.3) is 87.9 Å². The average Bonchev–Trinajstić information content (AvgIpc) is 3.49. The van der Waals surface area contributed by atoms with E-state index in [0.717, 1.165) is 28.3 Å². The largest absolute Gasteiger partial charge is 0.427 e. The Morgan fingerprint density at radius 3 is 1.55 bits per heavy atom. The zero-order chi connectivity index (χ0) is 32.8. The fourth-order valence-corrected chi connectivity index (χ4v) is 8.91. The Kier molecular flexibility index (Phi) is 6.28. The van der Waals surface area contributed by atoms with Crippen molar-refractivity contribution in [1.29, 1.82) is 0 Å². The van der Waals surface area contributed by atoms with Crippen LogP contribution < -0.4 is 7.63 Å². The number of benzene rings is 7. The molecule has 0 unspecified atom stereocenters. The lowest BCUT2D eigenvalue weighted by Crippen LogP contribution is -2.35. The number of fused-ring (bicyclic) bond motifs is 14. The molecule has 2 aromatic heterocycles. The third kappa shape index (κ3) is 3.92. The lowest BCUT2D eigenvalue weighted by molar-refractivity contribution is -0.574. The zero-order valence-electron chi connectivity index (χ0n) is 27.0. The Morgan fingerprint density at radius 1 is 0.469 bits per heavy atom. The second-order valence-electron chi connectivity index (χ2n) is 12.9. The summed E-state index contributed by atoms with van der Waals surface area (Å²) in [5.74, 6) is 1.99. The van der Waals surface area contributed by atoms with Gasteiger partial charge in [0, 0.05) is 34.4 Å². The van der Waals surface area contributed by atoms with Crippen molar-refractivity contribution in [3.05, 3.63) is 157 Å². The Bertz CT molecular complexity index is 2900. The van der Waals surface area contributed by atoms with Crippen molar-refractivity contribution >= 4 is 71.9 Å². The monoisotopic (exact) mass is 741 g/mol. The molecule has 0 saturated carbocycles. The van der Waals surface area contributed by atoms with E-state index in [0.29, 0.717) is 0 Å². The van der Waals surface area contributed by atoms with Crippen LogP contribution in [0, 0.1) is 13.8 Å². The van der Waals surface area contributed by atoms with E-state index in [1.54, 1.807) is 0 Å². The van der Waals surface area contributed by atoms with Crippen LogP contribution in [0.3, 0.4) is 0 Å². The number of aryl methyl sites for hydroxylation is 1. The zero-order valence-corrected chi connectivity index (χ0v) is 29.2. The van der Waals surface area contributed by atoms with Crippen molar-refractivity contribution in [2.24, 2.45) is 0 Å². The molecule has 4 heteroatoms. The van der Waals surface area contributed by atoms with Crippen LogP contribution in [0.1, 0.15) is 11.4 Å². The van der Waals surface area contributed by atoms with Crippen molar-refractivity contribution in [2.45, 2.75) is 13.8 Å². The predicted octanol–water partition coefficient (Wildman–Crippen LogP) is 12.1. The molecule has 3 nitrogen and oxygen atoms in total. The number of halogens is 1. The molecule has 0 fully saturated rings. The van der Waals surface area contributed by atoms with Crippen molar-refractivity contribution in [1.82, 2.24) is 4.40 Å². The molecule has 0 aliphatic carbocycles. The Hall–Kier alpha value is -5.46. The van der Waals surface area contributed by atoms with Crippen LogP contribution in [0.4, 0.5) is 0 Å². The first kappa shape index (κ1) is 28.5. The number of nitrogens with zero attached hydrogens (tertiary/aromatic N) is 2. The van der Waals surface area contributed by atoms with E-state index >= 15 is 0 Å². The van der Waals surface area contributed by atoms with E-state index in [2.05, 4.69) is 168 Å². The third-order valence-corrected chi connectivity index (χ3v) is 11.0. The Morgan fingerprint density at radius 2 is 0.939 bits per heavy atom. The summed E-state index contributed by atoms with van der Waals surface area (Å²) in [7, 11) is 0. The van der Waals surface area contributed by atoms with Crippen LogP contribution >= 0.6 is 23.0 Å². The van der Waals surface area contributed by atoms with Crippen molar-refractivity contribution in [3.8, 4) is 44.8 Å². The minimum Gasteiger partial charge on any atom is -0.427 e. The highest BCUT2D eigenvalue weighted by Gasteiger charge is 2.33. The molecule has 0 N–H and O–H groups in total. The fourth-order valence-electron chi connectivity index (χ4n) is 8.44. The fraction of sp³-hybridized carbons (Fsp3) is 0.0444. The molecule has 0 atom stereocenters. The quantitative estimate of drug-likeness (QED) is 0.121.